The molecule has 4 aromatic carbocycles. The average molecular weight is 857 g/mol. The molecule has 0 radical (unpaired) electrons. The SMILES string of the molecule is Fc1nc(F)c(F)c([B-](c2c(F)c(F)c(F)c(F)c2F)(c2c(F)c(F)c(F)c(F)c2F)c2c(F)c(F)c(F)c(F)c2F)c1F.N#Cc1cc[n+](Cc2ccccc2)cc1. The van der Waals surface area contributed by atoms with Gasteiger partial charge in [-0.15, -0.1) is 21.9 Å². The number of halogens is 19. The summed E-state index contributed by atoms with van der Waals surface area (Å²) in [6.45, 7) is 0.840. The number of aromatic nitrogens is 2. The zero-order chi connectivity index (χ0) is 44.0. The van der Waals surface area contributed by atoms with Gasteiger partial charge in [0.2, 0.25) is 11.9 Å². The third kappa shape index (κ3) is 7.05. The van der Waals surface area contributed by atoms with Crippen LogP contribution in [0.3, 0.4) is 0 Å². The molecular formula is C36H11BF19N3. The van der Waals surface area contributed by atoms with Crippen molar-refractivity contribution in [2.45, 2.75) is 6.54 Å². The number of nitrogens with zero attached hydrogens (tertiary/aromatic N) is 3. The van der Waals surface area contributed by atoms with E-state index in [0.29, 0.717) is 5.56 Å². The molecule has 6 rings (SSSR count). The second-order valence-corrected chi connectivity index (χ2v) is 11.9. The molecule has 0 atom stereocenters. The van der Waals surface area contributed by atoms with Crippen LogP contribution in [0.15, 0.2) is 54.9 Å². The van der Waals surface area contributed by atoms with Gasteiger partial charge >= 0.3 is 0 Å². The van der Waals surface area contributed by atoms with Gasteiger partial charge in [-0.3, -0.25) is 0 Å². The fraction of sp³-hybridized carbons (Fsp3) is 0.0278. The van der Waals surface area contributed by atoms with Crippen LogP contribution >= 0.6 is 0 Å². The first-order chi connectivity index (χ1) is 27.7. The normalized spacial score (nSPS) is 11.4. The summed E-state index contributed by atoms with van der Waals surface area (Å²) in [4.78, 5) is 1.85. The standard InChI is InChI=1S/C23BF19N.C13H11N2/c25-5-1(6(26)14(34)19(39)13(5)33)24(4-11(31)22(42)44-23(43)12(4)32,2-7(27)15(35)20(40)16(36)8(2)28)3-9(29)17(37)21(41)18(38)10(3)30;14-10-12-6-8-15(9-7-12)11-13-4-2-1-3-5-13/h;1-9H,11H2/q-1;+1. The Labute approximate surface area is 315 Å². The Morgan fingerprint density at radius 2 is 0.695 bits per heavy atom. The smallest absolute Gasteiger partial charge is 0.207 e. The fourth-order valence-electron chi connectivity index (χ4n) is 6.19. The van der Waals surface area contributed by atoms with E-state index >= 15 is 35.1 Å². The van der Waals surface area contributed by atoms with Crippen LogP contribution in [0.1, 0.15) is 11.1 Å². The summed E-state index contributed by atoms with van der Waals surface area (Å²) < 4.78 is 281. The highest BCUT2D eigenvalue weighted by Crippen LogP contribution is 2.29. The number of rotatable bonds is 6. The molecule has 3 nitrogen and oxygen atoms in total. The molecule has 0 fully saturated rings. The average Bonchev–Trinajstić information content (AvgIpc) is 3.22. The zero-order valence-electron chi connectivity index (χ0n) is 28.0. The van der Waals surface area contributed by atoms with Gasteiger partial charge in [-0.2, -0.15) is 19.0 Å². The van der Waals surface area contributed by atoms with Crippen LogP contribution in [0.4, 0.5) is 83.4 Å². The Hall–Kier alpha value is -6.60. The van der Waals surface area contributed by atoms with E-state index in [1.54, 1.807) is 0 Å². The first-order valence-electron chi connectivity index (χ1n) is 15.5. The monoisotopic (exact) mass is 857 g/mol. The van der Waals surface area contributed by atoms with Crippen molar-refractivity contribution in [3.05, 3.63) is 177 Å². The quantitative estimate of drug-likeness (QED) is 0.0453. The van der Waals surface area contributed by atoms with Gasteiger partial charge in [0.15, 0.2) is 71.3 Å². The Morgan fingerprint density at radius 3 is 1.00 bits per heavy atom. The topological polar surface area (TPSA) is 40.6 Å². The van der Waals surface area contributed by atoms with E-state index in [1.165, 1.54) is 5.56 Å². The second kappa shape index (κ2) is 16.3. The summed E-state index contributed by atoms with van der Waals surface area (Å²) in [5.74, 6) is -65.9. The number of nitriles is 1. The molecule has 0 saturated carbocycles. The van der Waals surface area contributed by atoms with E-state index in [9.17, 15) is 48.3 Å². The van der Waals surface area contributed by atoms with Crippen molar-refractivity contribution in [1.29, 1.82) is 5.26 Å². The summed E-state index contributed by atoms with van der Waals surface area (Å²) in [5, 5.41) is 8.66. The predicted molar refractivity (Wildman–Crippen MR) is 164 cm³/mol. The lowest BCUT2D eigenvalue weighted by molar-refractivity contribution is -0.688. The van der Waals surface area contributed by atoms with E-state index in [2.05, 4.69) is 22.8 Å². The molecule has 59 heavy (non-hydrogen) atoms. The summed E-state index contributed by atoms with van der Waals surface area (Å²) in [6.07, 6.45) is -3.23. The van der Waals surface area contributed by atoms with E-state index in [-0.39, 0.29) is 0 Å². The van der Waals surface area contributed by atoms with E-state index in [4.69, 9.17) is 5.26 Å². The van der Waals surface area contributed by atoms with Crippen LogP contribution in [0.2, 0.25) is 0 Å². The highest BCUT2D eigenvalue weighted by Gasteiger charge is 2.52. The fourth-order valence-corrected chi connectivity index (χ4v) is 6.19. The summed E-state index contributed by atoms with van der Waals surface area (Å²) in [6, 6.07) is 16.0. The Balaban J connectivity index is 0.000000367. The van der Waals surface area contributed by atoms with Crippen molar-refractivity contribution in [3.63, 3.8) is 0 Å². The molecule has 0 spiro atoms. The Kier molecular flexibility index (Phi) is 12.1. The molecule has 23 heteroatoms. The number of hydrogen-bond acceptors (Lipinski definition) is 2. The van der Waals surface area contributed by atoms with Crippen molar-refractivity contribution in [2.24, 2.45) is 0 Å². The summed E-state index contributed by atoms with van der Waals surface area (Å²) in [7, 11) is 0. The van der Waals surface area contributed by atoms with Gasteiger partial charge in [0.05, 0.1) is 11.6 Å². The molecule has 0 aliphatic rings. The van der Waals surface area contributed by atoms with Gasteiger partial charge in [-0.1, -0.05) is 30.3 Å². The number of pyridine rings is 2. The van der Waals surface area contributed by atoms with Crippen molar-refractivity contribution in [1.82, 2.24) is 4.98 Å². The van der Waals surface area contributed by atoms with Crippen LogP contribution in [0.5, 0.6) is 0 Å². The highest BCUT2D eigenvalue weighted by molar-refractivity contribution is 7.20. The lowest BCUT2D eigenvalue weighted by Gasteiger charge is -2.44. The van der Waals surface area contributed by atoms with E-state index in [0.717, 1.165) is 6.54 Å². The van der Waals surface area contributed by atoms with Gasteiger partial charge < -0.3 is 0 Å². The minimum atomic E-state index is -7.08. The molecule has 6 aromatic rings. The van der Waals surface area contributed by atoms with Crippen LogP contribution in [0, 0.1) is 122 Å². The van der Waals surface area contributed by atoms with Gasteiger partial charge in [-0.25, -0.2) is 79.2 Å². The van der Waals surface area contributed by atoms with Crippen molar-refractivity contribution in [3.8, 4) is 6.07 Å². The first-order valence-corrected chi connectivity index (χ1v) is 15.5. The molecule has 306 valence electrons. The van der Waals surface area contributed by atoms with Crippen LogP contribution in [0.25, 0.3) is 0 Å². The van der Waals surface area contributed by atoms with Gasteiger partial charge in [0, 0.05) is 17.7 Å². The third-order valence-electron chi connectivity index (χ3n) is 8.72. The molecule has 2 heterocycles. The molecule has 0 aliphatic carbocycles. The largest absolute Gasteiger partial charge is 0.248 e. The number of benzene rings is 4. The molecule has 0 saturated heterocycles. The zero-order valence-corrected chi connectivity index (χ0v) is 28.0. The first kappa shape index (κ1) is 43.5. The van der Waals surface area contributed by atoms with E-state index in [1.807, 2.05) is 47.7 Å². The predicted octanol–water partition coefficient (Wildman–Crippen LogP) is 7.00. The molecule has 0 aliphatic heterocycles. The second-order valence-electron chi connectivity index (χ2n) is 11.9. The maximum Gasteiger partial charge on any atom is 0.248 e. The molecule has 2 aromatic heterocycles. The van der Waals surface area contributed by atoms with Gasteiger partial charge in [-0.05, 0) is 0 Å². The lowest BCUT2D eigenvalue weighted by Crippen LogP contribution is -2.81. The van der Waals surface area contributed by atoms with Crippen molar-refractivity contribution in [2.75, 3.05) is 0 Å². The molecule has 0 unspecified atom stereocenters. The lowest BCUT2D eigenvalue weighted by atomic mass is 9.12. The van der Waals surface area contributed by atoms with Gasteiger partial charge in [0.1, 0.15) is 52.7 Å². The van der Waals surface area contributed by atoms with Crippen LogP contribution in [-0.4, -0.2) is 11.1 Å². The minimum absolute atomic E-state index is 0.694. The molecule has 0 amide bonds. The summed E-state index contributed by atoms with van der Waals surface area (Å²) >= 11 is 0. The van der Waals surface area contributed by atoms with Crippen molar-refractivity contribution < 1.29 is 88.0 Å². The van der Waals surface area contributed by atoms with E-state index < -0.39 is 139 Å². The van der Waals surface area contributed by atoms with Gasteiger partial charge in [0.25, 0.3) is 0 Å². The van der Waals surface area contributed by atoms with Crippen molar-refractivity contribution >= 4 is 28.0 Å². The Morgan fingerprint density at radius 1 is 0.407 bits per heavy atom. The molecule has 0 bridgehead atoms. The van der Waals surface area contributed by atoms with Crippen LogP contribution < -0.4 is 26.4 Å². The third-order valence-corrected chi connectivity index (χ3v) is 8.72. The van der Waals surface area contributed by atoms with Crippen LogP contribution in [-0.2, 0) is 6.54 Å². The number of hydrogen-bond donors (Lipinski definition) is 0. The molecular weight excluding hydrogens is 846 g/mol. The maximum atomic E-state index is 15.3. The maximum absolute atomic E-state index is 15.3. The minimum Gasteiger partial charge on any atom is -0.207 e. The highest BCUT2D eigenvalue weighted by atomic mass is 19.2. The Bertz CT molecular complexity index is 2420. The summed E-state index contributed by atoms with van der Waals surface area (Å²) in [5.41, 5.74) is -11.9. The molecule has 0 N–H and O–H groups in total.